The van der Waals surface area contributed by atoms with E-state index < -0.39 is 0 Å². The van der Waals surface area contributed by atoms with Crippen molar-refractivity contribution in [1.29, 1.82) is 0 Å². The molecule has 3 aromatic carbocycles. The highest BCUT2D eigenvalue weighted by molar-refractivity contribution is 6.01. The van der Waals surface area contributed by atoms with Crippen molar-refractivity contribution in [3.05, 3.63) is 89.5 Å². The van der Waals surface area contributed by atoms with E-state index in [-0.39, 0.29) is 11.3 Å². The van der Waals surface area contributed by atoms with Gasteiger partial charge in [-0.3, -0.25) is 4.79 Å². The van der Waals surface area contributed by atoms with Crippen LogP contribution in [0.15, 0.2) is 72.8 Å². The minimum atomic E-state index is -0.366. The van der Waals surface area contributed by atoms with Crippen LogP contribution in [0.1, 0.15) is 29.5 Å². The molecule has 3 aromatic rings. The van der Waals surface area contributed by atoms with Crippen molar-refractivity contribution in [2.75, 3.05) is 5.32 Å². The summed E-state index contributed by atoms with van der Waals surface area (Å²) in [5, 5.41) is 3.14. The Hall–Kier alpha value is -2.91. The van der Waals surface area contributed by atoms with Crippen LogP contribution in [0, 0.1) is 6.92 Å². The van der Waals surface area contributed by atoms with Crippen LogP contribution < -0.4 is 11.1 Å². The summed E-state index contributed by atoms with van der Waals surface area (Å²) < 4.78 is 0. The number of nitrogens with one attached hydrogen (secondary N) is 1. The van der Waals surface area contributed by atoms with Gasteiger partial charge in [-0.05, 0) is 59.7 Å². The molecule has 3 nitrogen and oxygen atoms in total. The number of amides is 1. The second-order valence-electron chi connectivity index (χ2n) is 7.33. The Morgan fingerprint density at radius 1 is 1.00 bits per heavy atom. The Bertz CT molecular complexity index is 957. The lowest BCUT2D eigenvalue weighted by molar-refractivity contribution is -0.118. The van der Waals surface area contributed by atoms with Crippen LogP contribution in [0.5, 0.6) is 0 Å². The summed E-state index contributed by atoms with van der Waals surface area (Å²) in [7, 11) is 0. The number of benzene rings is 3. The first kappa shape index (κ1) is 17.5. The third-order valence-electron chi connectivity index (χ3n) is 5.51. The van der Waals surface area contributed by atoms with Crippen molar-refractivity contribution in [3.8, 4) is 11.1 Å². The third-order valence-corrected chi connectivity index (χ3v) is 5.51. The first-order chi connectivity index (χ1) is 13.1. The lowest BCUT2D eigenvalue weighted by atomic mass is 9.94. The van der Waals surface area contributed by atoms with Gasteiger partial charge in [0.15, 0.2) is 0 Å². The largest absolute Gasteiger partial charge is 0.326 e. The van der Waals surface area contributed by atoms with Crippen molar-refractivity contribution in [1.82, 2.24) is 0 Å². The molecule has 1 saturated carbocycles. The van der Waals surface area contributed by atoms with Crippen LogP contribution in [0.3, 0.4) is 0 Å². The van der Waals surface area contributed by atoms with E-state index in [1.165, 1.54) is 5.56 Å². The molecule has 0 bridgehead atoms. The van der Waals surface area contributed by atoms with Crippen molar-refractivity contribution in [2.45, 2.75) is 31.7 Å². The van der Waals surface area contributed by atoms with Gasteiger partial charge in [0.2, 0.25) is 5.91 Å². The van der Waals surface area contributed by atoms with E-state index in [1.807, 2.05) is 36.4 Å². The first-order valence-electron chi connectivity index (χ1n) is 9.39. The molecule has 3 heteroatoms. The highest BCUT2D eigenvalue weighted by atomic mass is 16.2. The standard InChI is InChI=1S/C24H24N2O/c1-17-7-12-21(15-22(17)19-10-8-18(16-25)9-11-19)26-23(27)24(13-14-24)20-5-3-2-4-6-20/h2-12,15H,13-14,16,25H2,1H3,(H,26,27). The fourth-order valence-electron chi connectivity index (χ4n) is 3.61. The van der Waals surface area contributed by atoms with Gasteiger partial charge >= 0.3 is 0 Å². The normalized spacial score (nSPS) is 14.6. The zero-order valence-electron chi connectivity index (χ0n) is 15.5. The summed E-state index contributed by atoms with van der Waals surface area (Å²) >= 11 is 0. The molecule has 3 N–H and O–H groups in total. The lowest BCUT2D eigenvalue weighted by Crippen LogP contribution is -2.27. The summed E-state index contributed by atoms with van der Waals surface area (Å²) in [5.74, 6) is 0.0852. The monoisotopic (exact) mass is 356 g/mol. The predicted octanol–water partition coefficient (Wildman–Crippen LogP) is 4.79. The number of carbonyl (C=O) groups is 1. The number of anilines is 1. The van der Waals surface area contributed by atoms with Gasteiger partial charge in [0, 0.05) is 12.2 Å². The van der Waals surface area contributed by atoms with Crippen molar-refractivity contribution < 1.29 is 4.79 Å². The lowest BCUT2D eigenvalue weighted by Gasteiger charge is -2.17. The quantitative estimate of drug-likeness (QED) is 0.690. The van der Waals surface area contributed by atoms with E-state index in [0.29, 0.717) is 6.54 Å². The van der Waals surface area contributed by atoms with Gasteiger partial charge in [-0.15, -0.1) is 0 Å². The molecule has 0 saturated heterocycles. The van der Waals surface area contributed by atoms with Crippen molar-refractivity contribution in [3.63, 3.8) is 0 Å². The first-order valence-corrected chi connectivity index (χ1v) is 9.39. The Balaban J connectivity index is 1.59. The van der Waals surface area contributed by atoms with E-state index in [2.05, 4.69) is 48.6 Å². The topological polar surface area (TPSA) is 55.1 Å². The number of nitrogens with two attached hydrogens (primary N) is 1. The number of carbonyl (C=O) groups excluding carboxylic acids is 1. The second kappa shape index (κ2) is 7.01. The van der Waals surface area contributed by atoms with E-state index in [9.17, 15) is 4.79 Å². The molecule has 1 aliphatic carbocycles. The Morgan fingerprint density at radius 3 is 2.33 bits per heavy atom. The van der Waals surface area contributed by atoms with Gasteiger partial charge in [0.1, 0.15) is 0 Å². The highest BCUT2D eigenvalue weighted by Crippen LogP contribution is 2.49. The molecular formula is C24H24N2O. The number of rotatable bonds is 5. The maximum absolute atomic E-state index is 13.0. The fourth-order valence-corrected chi connectivity index (χ4v) is 3.61. The smallest absolute Gasteiger partial charge is 0.235 e. The molecule has 0 radical (unpaired) electrons. The Labute approximate surface area is 160 Å². The maximum Gasteiger partial charge on any atom is 0.235 e. The molecule has 0 spiro atoms. The van der Waals surface area contributed by atoms with Crippen LogP contribution in [0.2, 0.25) is 0 Å². The zero-order chi connectivity index (χ0) is 18.9. The summed E-state index contributed by atoms with van der Waals surface area (Å²) in [5.41, 5.74) is 11.8. The van der Waals surface area contributed by atoms with Gasteiger partial charge < -0.3 is 11.1 Å². The second-order valence-corrected chi connectivity index (χ2v) is 7.33. The molecule has 0 aromatic heterocycles. The molecule has 0 unspecified atom stereocenters. The average Bonchev–Trinajstić information content (AvgIpc) is 3.52. The predicted molar refractivity (Wildman–Crippen MR) is 110 cm³/mol. The van der Waals surface area contributed by atoms with E-state index in [0.717, 1.165) is 40.8 Å². The molecule has 136 valence electrons. The van der Waals surface area contributed by atoms with Gasteiger partial charge in [0.25, 0.3) is 0 Å². The molecule has 0 heterocycles. The molecule has 1 fully saturated rings. The van der Waals surface area contributed by atoms with Crippen molar-refractivity contribution in [2.24, 2.45) is 5.73 Å². The summed E-state index contributed by atoms with van der Waals surface area (Å²) in [6, 6.07) is 24.4. The molecule has 0 aliphatic heterocycles. The van der Waals surface area contributed by atoms with Crippen LogP contribution in [-0.4, -0.2) is 5.91 Å². The molecule has 1 amide bonds. The Kier molecular flexibility index (Phi) is 4.54. The van der Waals surface area contributed by atoms with E-state index >= 15 is 0 Å². The van der Waals surface area contributed by atoms with Crippen LogP contribution in [0.4, 0.5) is 5.69 Å². The molecule has 4 rings (SSSR count). The van der Waals surface area contributed by atoms with Gasteiger partial charge in [-0.1, -0.05) is 60.7 Å². The number of hydrogen-bond donors (Lipinski definition) is 2. The summed E-state index contributed by atoms with van der Waals surface area (Å²) in [4.78, 5) is 13.0. The fraction of sp³-hybridized carbons (Fsp3) is 0.208. The SMILES string of the molecule is Cc1ccc(NC(=O)C2(c3ccccc3)CC2)cc1-c1ccc(CN)cc1. The van der Waals surface area contributed by atoms with Crippen LogP contribution >= 0.6 is 0 Å². The summed E-state index contributed by atoms with van der Waals surface area (Å²) in [6.45, 7) is 2.63. The van der Waals surface area contributed by atoms with Gasteiger partial charge in [-0.2, -0.15) is 0 Å². The zero-order valence-corrected chi connectivity index (χ0v) is 15.5. The molecular weight excluding hydrogens is 332 g/mol. The molecule has 0 atom stereocenters. The third kappa shape index (κ3) is 3.38. The molecule has 27 heavy (non-hydrogen) atoms. The summed E-state index contributed by atoms with van der Waals surface area (Å²) in [6.07, 6.45) is 1.81. The van der Waals surface area contributed by atoms with Crippen molar-refractivity contribution >= 4 is 11.6 Å². The maximum atomic E-state index is 13.0. The van der Waals surface area contributed by atoms with E-state index in [1.54, 1.807) is 0 Å². The average molecular weight is 356 g/mol. The van der Waals surface area contributed by atoms with E-state index in [4.69, 9.17) is 5.73 Å². The minimum Gasteiger partial charge on any atom is -0.326 e. The highest BCUT2D eigenvalue weighted by Gasteiger charge is 2.51. The minimum absolute atomic E-state index is 0.0852. The van der Waals surface area contributed by atoms with Gasteiger partial charge in [0.05, 0.1) is 5.41 Å². The van der Waals surface area contributed by atoms with Crippen LogP contribution in [-0.2, 0) is 16.8 Å². The number of aryl methyl sites for hydroxylation is 1. The number of hydrogen-bond acceptors (Lipinski definition) is 2. The molecule has 1 aliphatic rings. The van der Waals surface area contributed by atoms with Gasteiger partial charge in [-0.25, -0.2) is 0 Å². The Morgan fingerprint density at radius 2 is 1.70 bits per heavy atom. The van der Waals surface area contributed by atoms with Crippen LogP contribution in [0.25, 0.3) is 11.1 Å².